The van der Waals surface area contributed by atoms with Gasteiger partial charge in [-0.3, -0.25) is 4.90 Å². The fraction of sp³-hybridized carbons (Fsp3) is 0.684. The van der Waals surface area contributed by atoms with E-state index in [0.29, 0.717) is 24.8 Å². The molecular weight excluding hydrogens is 305 g/mol. The van der Waals surface area contributed by atoms with Crippen molar-refractivity contribution in [2.45, 2.75) is 39.3 Å². The van der Waals surface area contributed by atoms with Crippen LogP contribution in [0.1, 0.15) is 32.3 Å². The first-order chi connectivity index (χ1) is 11.6. The molecule has 1 saturated heterocycles. The molecule has 0 aromatic heterocycles. The van der Waals surface area contributed by atoms with Gasteiger partial charge in [0.1, 0.15) is 5.82 Å². The van der Waals surface area contributed by atoms with Crippen LogP contribution in [0.4, 0.5) is 10.1 Å². The van der Waals surface area contributed by atoms with Crippen LogP contribution in [-0.4, -0.2) is 67.3 Å². The van der Waals surface area contributed by atoms with Gasteiger partial charge >= 0.3 is 0 Å². The molecule has 4 nitrogen and oxygen atoms in total. The summed E-state index contributed by atoms with van der Waals surface area (Å²) in [6.45, 7) is 9.35. The zero-order valence-electron chi connectivity index (χ0n) is 15.3. The number of halogens is 1. The number of nitrogens with zero attached hydrogens (tertiary/aromatic N) is 3. The van der Waals surface area contributed by atoms with E-state index in [2.05, 4.69) is 16.8 Å². The number of aliphatic hydroxyl groups excluding tert-OH is 1. The Kier molecular flexibility index (Phi) is 7.46. The van der Waals surface area contributed by atoms with E-state index in [9.17, 15) is 9.50 Å². The Balaban J connectivity index is 2.07. The van der Waals surface area contributed by atoms with Gasteiger partial charge in [-0.05, 0) is 64.5 Å². The molecule has 1 aliphatic rings. The number of anilines is 1. The van der Waals surface area contributed by atoms with Crippen LogP contribution >= 0.6 is 0 Å². The lowest BCUT2D eigenvalue weighted by atomic mass is 10.0. The molecule has 1 fully saturated rings. The Labute approximate surface area is 145 Å². The Hall–Kier alpha value is -1.17. The third-order valence-corrected chi connectivity index (χ3v) is 5.09. The van der Waals surface area contributed by atoms with Crippen LogP contribution in [-0.2, 0) is 6.54 Å². The lowest BCUT2D eigenvalue weighted by molar-refractivity contribution is 0.0940. The topological polar surface area (TPSA) is 30.0 Å². The number of benzene rings is 1. The van der Waals surface area contributed by atoms with Crippen molar-refractivity contribution in [1.82, 2.24) is 9.80 Å². The van der Waals surface area contributed by atoms with Gasteiger partial charge in [0, 0.05) is 32.2 Å². The molecule has 0 saturated carbocycles. The van der Waals surface area contributed by atoms with Gasteiger partial charge in [0.25, 0.3) is 0 Å². The molecule has 1 aliphatic heterocycles. The zero-order valence-corrected chi connectivity index (χ0v) is 15.3. The van der Waals surface area contributed by atoms with Crippen LogP contribution in [0.3, 0.4) is 0 Å². The summed E-state index contributed by atoms with van der Waals surface area (Å²) in [7, 11) is 2.15. The summed E-state index contributed by atoms with van der Waals surface area (Å²) in [5.41, 5.74) is 1.66. The van der Waals surface area contributed by atoms with E-state index in [1.54, 1.807) is 6.07 Å². The maximum Gasteiger partial charge on any atom is 0.146 e. The van der Waals surface area contributed by atoms with Gasteiger partial charge in [-0.2, -0.15) is 0 Å². The van der Waals surface area contributed by atoms with Gasteiger partial charge < -0.3 is 14.9 Å². The van der Waals surface area contributed by atoms with Crippen molar-refractivity contribution in [3.63, 3.8) is 0 Å². The number of likely N-dealkylation sites (tertiary alicyclic amines) is 1. The highest BCUT2D eigenvalue weighted by Gasteiger charge is 2.23. The van der Waals surface area contributed by atoms with E-state index in [-0.39, 0.29) is 12.4 Å². The van der Waals surface area contributed by atoms with Gasteiger partial charge in [0.2, 0.25) is 0 Å². The van der Waals surface area contributed by atoms with Gasteiger partial charge in [-0.15, -0.1) is 0 Å². The van der Waals surface area contributed by atoms with E-state index in [1.807, 2.05) is 30.9 Å². The first-order valence-corrected chi connectivity index (χ1v) is 9.15. The molecule has 1 heterocycles. The Morgan fingerprint density at radius 3 is 2.42 bits per heavy atom. The van der Waals surface area contributed by atoms with E-state index in [4.69, 9.17) is 0 Å². The van der Waals surface area contributed by atoms with Crippen molar-refractivity contribution < 1.29 is 9.50 Å². The molecule has 24 heavy (non-hydrogen) atoms. The average Bonchev–Trinajstić information content (AvgIpc) is 2.58. The molecule has 0 atom stereocenters. The fourth-order valence-electron chi connectivity index (χ4n) is 3.58. The van der Waals surface area contributed by atoms with Gasteiger partial charge in [-0.1, -0.05) is 6.07 Å². The maximum atomic E-state index is 14.5. The van der Waals surface area contributed by atoms with Gasteiger partial charge in [0.05, 0.1) is 12.3 Å². The summed E-state index contributed by atoms with van der Waals surface area (Å²) in [5.74, 6) is -0.150. The minimum absolute atomic E-state index is 0.145. The molecule has 0 radical (unpaired) electrons. The number of aliphatic hydroxyl groups is 1. The van der Waals surface area contributed by atoms with E-state index in [1.165, 1.54) is 0 Å². The summed E-state index contributed by atoms with van der Waals surface area (Å²) in [6, 6.07) is 6.05. The third-order valence-electron chi connectivity index (χ3n) is 5.09. The van der Waals surface area contributed by atoms with Gasteiger partial charge in [-0.25, -0.2) is 4.39 Å². The summed E-state index contributed by atoms with van der Waals surface area (Å²) in [5, 5.41) is 9.40. The van der Waals surface area contributed by atoms with Crippen molar-refractivity contribution in [2.24, 2.45) is 0 Å². The summed E-state index contributed by atoms with van der Waals surface area (Å²) in [6.07, 6.45) is 2.22. The highest BCUT2D eigenvalue weighted by molar-refractivity contribution is 5.49. The monoisotopic (exact) mass is 337 g/mol. The molecule has 136 valence electrons. The molecule has 0 bridgehead atoms. The number of hydrogen-bond donors (Lipinski definition) is 1. The second-order valence-corrected chi connectivity index (χ2v) is 6.69. The van der Waals surface area contributed by atoms with Crippen molar-refractivity contribution in [3.8, 4) is 0 Å². The molecule has 0 aliphatic carbocycles. The van der Waals surface area contributed by atoms with Crippen LogP contribution < -0.4 is 4.90 Å². The Morgan fingerprint density at radius 2 is 1.88 bits per heavy atom. The summed E-state index contributed by atoms with van der Waals surface area (Å²) < 4.78 is 14.5. The molecule has 1 aromatic carbocycles. The van der Waals surface area contributed by atoms with Crippen molar-refractivity contribution in [2.75, 3.05) is 51.3 Å². The van der Waals surface area contributed by atoms with Gasteiger partial charge in [0.15, 0.2) is 0 Å². The molecule has 1 N–H and O–H groups in total. The van der Waals surface area contributed by atoms with Crippen LogP contribution in [0.2, 0.25) is 0 Å². The predicted octanol–water partition coefficient (Wildman–Crippen LogP) is 2.56. The zero-order chi connectivity index (χ0) is 17.5. The van der Waals surface area contributed by atoms with E-state index in [0.717, 1.165) is 44.6 Å². The minimum atomic E-state index is -0.150. The molecule has 0 unspecified atom stereocenters. The number of hydrogen-bond acceptors (Lipinski definition) is 4. The molecule has 5 heteroatoms. The number of rotatable bonds is 8. The summed E-state index contributed by atoms with van der Waals surface area (Å²) >= 11 is 0. The second kappa shape index (κ2) is 9.35. The van der Waals surface area contributed by atoms with Crippen LogP contribution in [0.25, 0.3) is 0 Å². The highest BCUT2D eigenvalue weighted by Crippen LogP contribution is 2.23. The third kappa shape index (κ3) is 4.91. The minimum Gasteiger partial charge on any atom is -0.395 e. The van der Waals surface area contributed by atoms with Crippen LogP contribution in [0, 0.1) is 5.82 Å². The molecule has 0 amide bonds. The Morgan fingerprint density at radius 1 is 1.21 bits per heavy atom. The highest BCUT2D eigenvalue weighted by atomic mass is 19.1. The maximum absolute atomic E-state index is 14.5. The molecule has 1 aromatic rings. The molecule has 0 spiro atoms. The van der Waals surface area contributed by atoms with Crippen LogP contribution in [0.5, 0.6) is 0 Å². The quantitative estimate of drug-likeness (QED) is 0.790. The first kappa shape index (κ1) is 19.2. The van der Waals surface area contributed by atoms with E-state index < -0.39 is 0 Å². The second-order valence-electron chi connectivity index (χ2n) is 6.69. The van der Waals surface area contributed by atoms with Crippen molar-refractivity contribution >= 4 is 5.69 Å². The predicted molar refractivity (Wildman–Crippen MR) is 98.0 cm³/mol. The lowest BCUT2D eigenvalue weighted by Gasteiger charge is -2.37. The molecular formula is C19H32FN3O. The summed E-state index contributed by atoms with van der Waals surface area (Å²) in [4.78, 5) is 6.67. The standard InChI is InChI=1S/C19H32FN3O/c1-4-22(5-2)19-7-6-16(14-18(19)20)15-23(12-13-24)17-8-10-21(3)11-9-17/h6-7,14,17,24H,4-5,8-13,15H2,1-3H3. The fourth-order valence-corrected chi connectivity index (χ4v) is 3.58. The first-order valence-electron chi connectivity index (χ1n) is 9.15. The molecule has 2 rings (SSSR count). The average molecular weight is 337 g/mol. The lowest BCUT2D eigenvalue weighted by Crippen LogP contribution is -2.44. The smallest absolute Gasteiger partial charge is 0.146 e. The van der Waals surface area contributed by atoms with Crippen LogP contribution in [0.15, 0.2) is 18.2 Å². The van der Waals surface area contributed by atoms with Crippen molar-refractivity contribution in [1.29, 1.82) is 0 Å². The SMILES string of the molecule is CCN(CC)c1ccc(CN(CCO)C2CCN(C)CC2)cc1F. The van der Waals surface area contributed by atoms with Crippen molar-refractivity contribution in [3.05, 3.63) is 29.6 Å². The number of piperidine rings is 1. The normalized spacial score (nSPS) is 16.8. The van der Waals surface area contributed by atoms with E-state index >= 15 is 0 Å². The Bertz CT molecular complexity index is 499. The largest absolute Gasteiger partial charge is 0.395 e.